The predicted octanol–water partition coefficient (Wildman–Crippen LogP) is 3.26. The van der Waals surface area contributed by atoms with Crippen LogP contribution in [-0.4, -0.2) is 28.6 Å². The third kappa shape index (κ3) is 4.06. The largest absolute Gasteiger partial charge is 0.467 e. The van der Waals surface area contributed by atoms with Crippen LogP contribution in [0.25, 0.3) is 0 Å². The summed E-state index contributed by atoms with van der Waals surface area (Å²) in [5.41, 5.74) is 0. The van der Waals surface area contributed by atoms with Gasteiger partial charge in [-0.05, 0) is 24.6 Å². The van der Waals surface area contributed by atoms with Crippen LogP contribution < -0.4 is 14.8 Å². The quantitative estimate of drug-likeness (QED) is 0.871. The summed E-state index contributed by atoms with van der Waals surface area (Å²) < 4.78 is 11.6. The van der Waals surface area contributed by atoms with E-state index in [-0.39, 0.29) is 12.0 Å². The van der Waals surface area contributed by atoms with Gasteiger partial charge in [-0.1, -0.05) is 28.9 Å². The van der Waals surface area contributed by atoms with Crippen LogP contribution in [0.4, 0.5) is 5.95 Å². The molecule has 0 aliphatic rings. The summed E-state index contributed by atoms with van der Waals surface area (Å²) in [6.45, 7) is 2.83. The lowest BCUT2D eigenvalue weighted by Crippen LogP contribution is -2.07. The van der Waals surface area contributed by atoms with E-state index < -0.39 is 0 Å². The van der Waals surface area contributed by atoms with Gasteiger partial charge in [-0.3, -0.25) is 0 Å². The Balaban J connectivity index is 2.21. The highest BCUT2D eigenvalue weighted by Gasteiger charge is 2.08. The van der Waals surface area contributed by atoms with E-state index in [0.29, 0.717) is 11.7 Å². The van der Waals surface area contributed by atoms with Crippen LogP contribution in [0.3, 0.4) is 0 Å². The Morgan fingerprint density at radius 3 is 2.70 bits per heavy atom. The van der Waals surface area contributed by atoms with Crippen LogP contribution in [0.5, 0.6) is 17.8 Å². The number of nitrogens with one attached hydrogen (secondary N) is 1. The van der Waals surface area contributed by atoms with Crippen LogP contribution in [0.15, 0.2) is 28.7 Å². The standard InChI is InChI=1S/C13H15BrN4O2/c1-3-7-15-11-16-12(19-2)18-13(17-11)20-10-6-4-5-9(14)8-10/h4-6,8H,3,7H2,1-2H3,(H,15,16,17,18). The molecule has 0 atom stereocenters. The van der Waals surface area contributed by atoms with Crippen molar-refractivity contribution in [2.45, 2.75) is 13.3 Å². The molecule has 0 bridgehead atoms. The minimum absolute atomic E-state index is 0.188. The first-order chi connectivity index (χ1) is 9.71. The van der Waals surface area contributed by atoms with E-state index in [4.69, 9.17) is 9.47 Å². The molecule has 0 fully saturated rings. The van der Waals surface area contributed by atoms with Crippen molar-refractivity contribution in [1.29, 1.82) is 0 Å². The molecule has 0 saturated heterocycles. The second-order valence-electron chi connectivity index (χ2n) is 3.91. The van der Waals surface area contributed by atoms with Crippen LogP contribution >= 0.6 is 15.9 Å². The zero-order valence-corrected chi connectivity index (χ0v) is 12.8. The lowest BCUT2D eigenvalue weighted by Gasteiger charge is -2.08. The highest BCUT2D eigenvalue weighted by Crippen LogP contribution is 2.23. The van der Waals surface area contributed by atoms with E-state index in [0.717, 1.165) is 17.4 Å². The molecule has 6 nitrogen and oxygen atoms in total. The predicted molar refractivity (Wildman–Crippen MR) is 79.4 cm³/mol. The second kappa shape index (κ2) is 7.04. The molecule has 0 radical (unpaired) electrons. The fraction of sp³-hybridized carbons (Fsp3) is 0.308. The van der Waals surface area contributed by atoms with Gasteiger partial charge in [-0.25, -0.2) is 0 Å². The average molecular weight is 339 g/mol. The Morgan fingerprint density at radius 2 is 2.00 bits per heavy atom. The van der Waals surface area contributed by atoms with Gasteiger partial charge in [0.1, 0.15) is 5.75 Å². The molecule has 1 N–H and O–H groups in total. The van der Waals surface area contributed by atoms with Gasteiger partial charge in [0, 0.05) is 11.0 Å². The summed E-state index contributed by atoms with van der Waals surface area (Å²) in [5.74, 6) is 1.07. The molecule has 1 heterocycles. The molecule has 2 aromatic rings. The average Bonchev–Trinajstić information content (AvgIpc) is 2.45. The van der Waals surface area contributed by atoms with Gasteiger partial charge in [0.15, 0.2) is 0 Å². The van der Waals surface area contributed by atoms with E-state index in [1.165, 1.54) is 7.11 Å². The minimum atomic E-state index is 0.188. The highest BCUT2D eigenvalue weighted by molar-refractivity contribution is 9.10. The Kier molecular flexibility index (Phi) is 5.11. The monoisotopic (exact) mass is 338 g/mol. The maximum atomic E-state index is 5.61. The fourth-order valence-corrected chi connectivity index (χ4v) is 1.80. The van der Waals surface area contributed by atoms with Crippen molar-refractivity contribution < 1.29 is 9.47 Å². The summed E-state index contributed by atoms with van der Waals surface area (Å²) >= 11 is 3.38. The third-order valence-electron chi connectivity index (χ3n) is 2.32. The smallest absolute Gasteiger partial charge is 0.330 e. The van der Waals surface area contributed by atoms with Gasteiger partial charge in [-0.2, -0.15) is 9.97 Å². The number of hydrogen-bond donors (Lipinski definition) is 1. The number of nitrogens with zero attached hydrogens (tertiary/aromatic N) is 3. The van der Waals surface area contributed by atoms with Crippen LogP contribution in [-0.2, 0) is 0 Å². The summed E-state index contributed by atoms with van der Waals surface area (Å²) in [4.78, 5) is 12.4. The van der Waals surface area contributed by atoms with Gasteiger partial charge in [-0.15, -0.1) is 4.98 Å². The number of anilines is 1. The molecule has 0 unspecified atom stereocenters. The van der Waals surface area contributed by atoms with Crippen molar-refractivity contribution in [2.24, 2.45) is 0 Å². The van der Waals surface area contributed by atoms with E-state index in [2.05, 4.69) is 43.1 Å². The Bertz CT molecular complexity index is 580. The fourth-order valence-electron chi connectivity index (χ4n) is 1.43. The Hall–Kier alpha value is -1.89. The first kappa shape index (κ1) is 14.5. The molecular weight excluding hydrogens is 324 g/mol. The SMILES string of the molecule is CCCNc1nc(OC)nc(Oc2cccc(Br)c2)n1. The normalized spacial score (nSPS) is 10.2. The first-order valence-corrected chi connectivity index (χ1v) is 6.98. The number of benzene rings is 1. The number of halogens is 1. The van der Waals surface area contributed by atoms with E-state index in [1.54, 1.807) is 0 Å². The summed E-state index contributed by atoms with van der Waals surface area (Å²) in [6, 6.07) is 7.83. The number of ether oxygens (including phenoxy) is 2. The number of aromatic nitrogens is 3. The zero-order chi connectivity index (χ0) is 14.4. The number of rotatable bonds is 6. The molecule has 1 aromatic carbocycles. The van der Waals surface area contributed by atoms with Gasteiger partial charge < -0.3 is 14.8 Å². The van der Waals surface area contributed by atoms with Crippen LogP contribution in [0.2, 0.25) is 0 Å². The van der Waals surface area contributed by atoms with Crippen molar-refractivity contribution in [3.8, 4) is 17.8 Å². The van der Waals surface area contributed by atoms with Crippen LogP contribution in [0, 0.1) is 0 Å². The van der Waals surface area contributed by atoms with E-state index in [9.17, 15) is 0 Å². The Morgan fingerprint density at radius 1 is 1.20 bits per heavy atom. The van der Waals surface area contributed by atoms with Crippen LogP contribution in [0.1, 0.15) is 13.3 Å². The summed E-state index contributed by atoms with van der Waals surface area (Å²) in [6.07, 6.45) is 0.968. The van der Waals surface area contributed by atoms with Crippen molar-refractivity contribution >= 4 is 21.9 Å². The maximum Gasteiger partial charge on any atom is 0.330 e. The molecule has 1 aromatic heterocycles. The molecular formula is C13H15BrN4O2. The van der Waals surface area contributed by atoms with Gasteiger partial charge in [0.2, 0.25) is 5.95 Å². The lowest BCUT2D eigenvalue weighted by atomic mass is 10.3. The molecule has 7 heteroatoms. The first-order valence-electron chi connectivity index (χ1n) is 6.18. The van der Waals surface area contributed by atoms with Gasteiger partial charge >= 0.3 is 12.0 Å². The maximum absolute atomic E-state index is 5.61. The number of hydrogen-bond acceptors (Lipinski definition) is 6. The lowest BCUT2D eigenvalue weighted by molar-refractivity contribution is 0.360. The molecule has 0 spiro atoms. The number of methoxy groups -OCH3 is 1. The summed E-state index contributed by atoms with van der Waals surface area (Å²) in [5, 5.41) is 3.08. The van der Waals surface area contributed by atoms with E-state index >= 15 is 0 Å². The van der Waals surface area contributed by atoms with E-state index in [1.807, 2.05) is 24.3 Å². The molecule has 0 aliphatic carbocycles. The minimum Gasteiger partial charge on any atom is -0.467 e. The van der Waals surface area contributed by atoms with Crippen molar-refractivity contribution in [2.75, 3.05) is 19.0 Å². The molecule has 0 aliphatic heterocycles. The third-order valence-corrected chi connectivity index (χ3v) is 2.81. The second-order valence-corrected chi connectivity index (χ2v) is 4.83. The molecule has 2 rings (SSSR count). The zero-order valence-electron chi connectivity index (χ0n) is 11.3. The van der Waals surface area contributed by atoms with Gasteiger partial charge in [0.05, 0.1) is 7.11 Å². The van der Waals surface area contributed by atoms with Crippen molar-refractivity contribution in [3.63, 3.8) is 0 Å². The molecule has 20 heavy (non-hydrogen) atoms. The molecule has 0 saturated carbocycles. The Labute approximate surface area is 125 Å². The summed E-state index contributed by atoms with van der Waals surface area (Å²) in [7, 11) is 1.50. The molecule has 0 amide bonds. The highest BCUT2D eigenvalue weighted by atomic mass is 79.9. The topological polar surface area (TPSA) is 69.2 Å². The van der Waals surface area contributed by atoms with Crippen molar-refractivity contribution in [1.82, 2.24) is 15.0 Å². The van der Waals surface area contributed by atoms with Crippen molar-refractivity contribution in [3.05, 3.63) is 28.7 Å². The molecule has 106 valence electrons. The van der Waals surface area contributed by atoms with Gasteiger partial charge in [0.25, 0.3) is 0 Å².